The molecule has 0 saturated carbocycles. The molecule has 0 aliphatic carbocycles. The second-order valence-corrected chi connectivity index (χ2v) is 26.7. The molecule has 0 radical (unpaired) electrons. The lowest BCUT2D eigenvalue weighted by molar-refractivity contribution is -0.870. The summed E-state index contributed by atoms with van der Waals surface area (Å²) in [6.07, 6.45) is 113. The fourth-order valence-electron chi connectivity index (χ4n) is 9.52. The molecule has 0 rings (SSSR count). The number of rotatable bonds is 66. The smallest absolute Gasteiger partial charge is 0.462 e. The highest BCUT2D eigenvalue weighted by Gasteiger charge is 2.27. The van der Waals surface area contributed by atoms with Crippen LogP contribution in [0.1, 0.15) is 271 Å². The summed E-state index contributed by atoms with van der Waals surface area (Å²) in [4.78, 5) is 35.9. The molecular weight excluding hydrogens is 1180 g/mol. The molecule has 1 N–H and O–H groups in total. The van der Waals surface area contributed by atoms with Crippen LogP contribution in [0.2, 0.25) is 0 Å². The number of allylic oxidation sites excluding steroid dienone is 32. The molecule has 0 aliphatic heterocycles. The summed E-state index contributed by atoms with van der Waals surface area (Å²) in [5, 5.41) is 0. The molecule has 94 heavy (non-hydrogen) atoms. The van der Waals surface area contributed by atoms with Gasteiger partial charge in [0.1, 0.15) is 19.8 Å². The van der Waals surface area contributed by atoms with E-state index in [-0.39, 0.29) is 32.0 Å². The Hall–Kier alpha value is -5.15. The second kappa shape index (κ2) is 72.1. The van der Waals surface area contributed by atoms with Crippen LogP contribution >= 0.6 is 7.82 Å². The minimum atomic E-state index is -4.41. The predicted molar refractivity (Wildman–Crippen MR) is 408 cm³/mol. The molecule has 0 aliphatic rings. The number of unbranched alkanes of at least 4 members (excludes halogenated alkanes) is 20. The van der Waals surface area contributed by atoms with Crippen LogP contribution in [0, 0.1) is 0 Å². The Morgan fingerprint density at radius 2 is 0.574 bits per heavy atom. The number of carbonyl (C=O) groups is 2. The monoisotopic (exact) mass is 1320 g/mol. The third-order valence-electron chi connectivity index (χ3n) is 15.1. The number of carbonyl (C=O) groups excluding carboxylic acids is 2. The van der Waals surface area contributed by atoms with Crippen molar-refractivity contribution in [3.8, 4) is 0 Å². The second-order valence-electron chi connectivity index (χ2n) is 25.2. The fourth-order valence-corrected chi connectivity index (χ4v) is 10.3. The van der Waals surface area contributed by atoms with Crippen LogP contribution in [-0.4, -0.2) is 74.9 Å². The molecule has 0 saturated heterocycles. The van der Waals surface area contributed by atoms with Crippen LogP contribution in [0.15, 0.2) is 194 Å². The van der Waals surface area contributed by atoms with Gasteiger partial charge in [0.25, 0.3) is 0 Å². The van der Waals surface area contributed by atoms with E-state index in [1.165, 1.54) is 83.5 Å². The van der Waals surface area contributed by atoms with Crippen LogP contribution in [0.5, 0.6) is 0 Å². The van der Waals surface area contributed by atoms with Crippen molar-refractivity contribution in [3.05, 3.63) is 194 Å². The number of phosphoric acid groups is 1. The molecule has 2 unspecified atom stereocenters. The molecule has 530 valence electrons. The van der Waals surface area contributed by atoms with E-state index >= 15 is 0 Å². The van der Waals surface area contributed by atoms with E-state index in [1.54, 1.807) is 0 Å². The van der Waals surface area contributed by atoms with Crippen LogP contribution < -0.4 is 0 Å². The Kier molecular flexibility index (Phi) is 68.2. The van der Waals surface area contributed by atoms with Gasteiger partial charge in [-0.15, -0.1) is 0 Å². The van der Waals surface area contributed by atoms with Gasteiger partial charge < -0.3 is 18.9 Å². The summed E-state index contributed by atoms with van der Waals surface area (Å²) in [6, 6.07) is 0. The maximum Gasteiger partial charge on any atom is 0.472 e. The lowest BCUT2D eigenvalue weighted by Crippen LogP contribution is -2.37. The van der Waals surface area contributed by atoms with Crippen molar-refractivity contribution in [3.63, 3.8) is 0 Å². The van der Waals surface area contributed by atoms with Crippen molar-refractivity contribution in [1.82, 2.24) is 0 Å². The maximum atomic E-state index is 12.9. The number of nitrogens with zero attached hydrogens (tertiary/aromatic N) is 1. The minimum Gasteiger partial charge on any atom is -0.462 e. The molecule has 10 heteroatoms. The quantitative estimate of drug-likeness (QED) is 0.0211. The molecule has 0 amide bonds. The molecule has 9 nitrogen and oxygen atoms in total. The number of esters is 2. The molecular formula is C84H137NO8P+. The molecule has 0 aromatic heterocycles. The molecule has 2 atom stereocenters. The average Bonchev–Trinajstić information content (AvgIpc) is 1.56. The van der Waals surface area contributed by atoms with Crippen molar-refractivity contribution in [2.24, 2.45) is 0 Å². The van der Waals surface area contributed by atoms with Crippen molar-refractivity contribution < 1.29 is 42.1 Å². The lowest BCUT2D eigenvalue weighted by atomic mass is 10.0. The summed E-state index contributed by atoms with van der Waals surface area (Å²) in [7, 11) is 1.44. The van der Waals surface area contributed by atoms with E-state index in [4.69, 9.17) is 18.5 Å². The summed E-state index contributed by atoms with van der Waals surface area (Å²) < 4.78 is 34.7. The van der Waals surface area contributed by atoms with Gasteiger partial charge in [-0.05, 0) is 141 Å². The van der Waals surface area contributed by atoms with E-state index in [2.05, 4.69) is 208 Å². The van der Waals surface area contributed by atoms with E-state index < -0.39 is 26.5 Å². The lowest BCUT2D eigenvalue weighted by Gasteiger charge is -2.24. The number of hydrogen-bond donors (Lipinski definition) is 1. The number of quaternary nitrogens is 1. The number of phosphoric ester groups is 1. The van der Waals surface area contributed by atoms with Crippen molar-refractivity contribution in [2.45, 2.75) is 277 Å². The van der Waals surface area contributed by atoms with Gasteiger partial charge in [0, 0.05) is 12.8 Å². The van der Waals surface area contributed by atoms with E-state index in [9.17, 15) is 19.0 Å². The number of likely N-dealkylation sites (N-methyl/N-ethyl adjacent to an activating group) is 1. The molecule has 0 aromatic carbocycles. The Balaban J connectivity index is 4.14. The van der Waals surface area contributed by atoms with Gasteiger partial charge in [0.05, 0.1) is 27.7 Å². The third kappa shape index (κ3) is 75.9. The Morgan fingerprint density at radius 3 is 0.851 bits per heavy atom. The first-order valence-corrected chi connectivity index (χ1v) is 38.7. The average molecular weight is 1320 g/mol. The predicted octanol–water partition coefficient (Wildman–Crippen LogP) is 24.8. The van der Waals surface area contributed by atoms with E-state index in [0.29, 0.717) is 17.4 Å². The van der Waals surface area contributed by atoms with Crippen LogP contribution in [0.3, 0.4) is 0 Å². The molecule has 0 fully saturated rings. The third-order valence-corrected chi connectivity index (χ3v) is 16.1. The molecule has 0 bridgehead atoms. The van der Waals surface area contributed by atoms with Crippen molar-refractivity contribution in [2.75, 3.05) is 47.5 Å². The number of hydrogen-bond acceptors (Lipinski definition) is 7. The highest BCUT2D eigenvalue weighted by molar-refractivity contribution is 7.47. The van der Waals surface area contributed by atoms with Gasteiger partial charge >= 0.3 is 19.8 Å². The zero-order chi connectivity index (χ0) is 68.3. The standard InChI is InChI=1S/C84H136NO8P/c1-6-8-10-12-14-16-18-20-22-24-26-28-30-32-34-36-38-39-40-41-42-43-44-45-47-49-51-53-55-57-59-61-63-65-67-69-71-73-75-77-84(87)93-82(81-92-94(88,89)91-79-78-85(3,4)5)80-90-83(86)76-74-72-70-68-66-64-62-60-58-56-54-52-50-48-46-37-35-33-31-29-27-25-23-21-19-17-15-13-11-9-7-2/h8-11,14-17,20-23,26-29,32-35,38-39,41-42,44-45,49,51,55,57,61,63,82H,6-7,12-13,18-19,24-25,30-31,36-37,40,43,46-48,50,52-54,56,58-60,62,64-81H2,1-5H3/p+1/b10-8-,11-9-,16-14-,17-15-,22-20-,23-21-,28-26-,29-27-,34-32-,35-33-,39-38-,42-41-,45-44-,51-49-,57-55-,63-61-. The SMILES string of the molecule is CC/C=C\C/C=C\C/C=C\C/C=C\C/C=C\C/C=C\C/C=C\C/C=C\C/C=C\C/C=C\C/C=C\CCCCCCCC(=O)OC(COC(=O)CCCCCCCCCCCCCCCCC/C=C\C/C=C\C/C=C\C/C=C\C/C=C\CC)COP(=O)(O)OCC[N+](C)(C)C. The zero-order valence-corrected chi connectivity index (χ0v) is 61.3. The fraction of sp³-hybridized carbons (Fsp3) is 0.595. The summed E-state index contributed by atoms with van der Waals surface area (Å²) in [5.41, 5.74) is 0. The van der Waals surface area contributed by atoms with Crippen LogP contribution in [0.25, 0.3) is 0 Å². The minimum absolute atomic E-state index is 0.0180. The first-order chi connectivity index (χ1) is 46.0. The Bertz CT molecular complexity index is 2290. The first-order valence-electron chi connectivity index (χ1n) is 37.2. The molecule has 0 heterocycles. The van der Waals surface area contributed by atoms with Gasteiger partial charge in [0.15, 0.2) is 6.10 Å². The van der Waals surface area contributed by atoms with Gasteiger partial charge in [-0.3, -0.25) is 18.6 Å². The highest BCUT2D eigenvalue weighted by Crippen LogP contribution is 2.43. The van der Waals surface area contributed by atoms with Crippen molar-refractivity contribution >= 4 is 19.8 Å². The summed E-state index contributed by atoms with van der Waals surface area (Å²) in [5.74, 6) is -0.829. The van der Waals surface area contributed by atoms with Crippen LogP contribution in [0.4, 0.5) is 0 Å². The largest absolute Gasteiger partial charge is 0.472 e. The number of ether oxygens (including phenoxy) is 2. The van der Waals surface area contributed by atoms with Gasteiger partial charge in [-0.25, -0.2) is 4.57 Å². The van der Waals surface area contributed by atoms with Crippen molar-refractivity contribution in [1.29, 1.82) is 0 Å². The molecule has 0 spiro atoms. The topological polar surface area (TPSA) is 108 Å². The normalized spacial score (nSPS) is 14.2. The van der Waals surface area contributed by atoms with E-state index in [1.807, 2.05) is 21.1 Å². The highest BCUT2D eigenvalue weighted by atomic mass is 31.2. The van der Waals surface area contributed by atoms with Crippen LogP contribution in [-0.2, 0) is 32.7 Å². The maximum absolute atomic E-state index is 12.9. The Morgan fingerprint density at radius 1 is 0.330 bits per heavy atom. The van der Waals surface area contributed by atoms with Gasteiger partial charge in [0.2, 0.25) is 0 Å². The summed E-state index contributed by atoms with van der Waals surface area (Å²) >= 11 is 0. The zero-order valence-electron chi connectivity index (χ0n) is 60.4. The Labute approximate surface area is 577 Å². The van der Waals surface area contributed by atoms with Gasteiger partial charge in [-0.1, -0.05) is 311 Å². The van der Waals surface area contributed by atoms with E-state index in [0.717, 1.165) is 154 Å². The molecule has 0 aromatic rings. The summed E-state index contributed by atoms with van der Waals surface area (Å²) in [6.45, 7) is 4.17. The first kappa shape index (κ1) is 88.8. The van der Waals surface area contributed by atoms with Gasteiger partial charge in [-0.2, -0.15) is 0 Å².